The summed E-state index contributed by atoms with van der Waals surface area (Å²) in [6.45, 7) is 7.29. The number of carbonyl (C=O) groups is 2. The molecule has 106 valence electrons. The molecule has 1 heterocycles. The second kappa shape index (κ2) is 6.65. The fraction of sp³-hybridized carbons (Fsp3) is 0.615. The minimum absolute atomic E-state index is 0.102. The predicted molar refractivity (Wildman–Crippen MR) is 74.7 cm³/mol. The molecule has 0 bridgehead atoms. The molecular formula is C13H20N2O3S. The van der Waals surface area contributed by atoms with Crippen LogP contribution in [0.3, 0.4) is 0 Å². The van der Waals surface area contributed by atoms with Crippen molar-refractivity contribution in [3.05, 3.63) is 15.6 Å². The maximum absolute atomic E-state index is 12.5. The minimum Gasteiger partial charge on any atom is -0.480 e. The van der Waals surface area contributed by atoms with Crippen molar-refractivity contribution in [1.29, 1.82) is 0 Å². The summed E-state index contributed by atoms with van der Waals surface area (Å²) >= 11 is 1.36. The van der Waals surface area contributed by atoms with Crippen molar-refractivity contribution in [2.45, 2.75) is 46.6 Å². The molecule has 0 aliphatic heterocycles. The van der Waals surface area contributed by atoms with Gasteiger partial charge < -0.3 is 10.0 Å². The van der Waals surface area contributed by atoms with Gasteiger partial charge >= 0.3 is 5.97 Å². The third-order valence-corrected chi connectivity index (χ3v) is 4.32. The van der Waals surface area contributed by atoms with Gasteiger partial charge in [-0.1, -0.05) is 13.8 Å². The molecule has 1 unspecified atom stereocenters. The summed E-state index contributed by atoms with van der Waals surface area (Å²) < 4.78 is 0. The number of carboxylic acids is 1. The van der Waals surface area contributed by atoms with E-state index in [9.17, 15) is 9.59 Å². The van der Waals surface area contributed by atoms with E-state index in [1.54, 1.807) is 6.92 Å². The molecule has 1 atom stereocenters. The second-order valence-corrected chi connectivity index (χ2v) is 5.54. The van der Waals surface area contributed by atoms with Crippen LogP contribution in [0.15, 0.2) is 0 Å². The highest BCUT2D eigenvalue weighted by atomic mass is 32.1. The van der Waals surface area contributed by atoms with E-state index >= 15 is 0 Å². The van der Waals surface area contributed by atoms with Gasteiger partial charge in [0.1, 0.15) is 11.4 Å². The van der Waals surface area contributed by atoms with E-state index in [1.165, 1.54) is 16.2 Å². The average Bonchev–Trinajstić information content (AvgIpc) is 2.75. The van der Waals surface area contributed by atoms with Gasteiger partial charge in [-0.2, -0.15) is 0 Å². The fourth-order valence-corrected chi connectivity index (χ4v) is 2.69. The first-order valence-corrected chi connectivity index (χ1v) is 7.21. The maximum Gasteiger partial charge on any atom is 0.323 e. The third kappa shape index (κ3) is 3.76. The van der Waals surface area contributed by atoms with Crippen molar-refractivity contribution < 1.29 is 14.7 Å². The molecule has 1 aromatic heterocycles. The number of aryl methyl sites for hydroxylation is 2. The summed E-state index contributed by atoms with van der Waals surface area (Å²) in [6.07, 6.45) is 1.50. The van der Waals surface area contributed by atoms with Crippen LogP contribution in [0, 0.1) is 6.92 Å². The number of nitrogens with zero attached hydrogens (tertiary/aromatic N) is 2. The molecule has 5 nitrogen and oxygen atoms in total. The van der Waals surface area contributed by atoms with Crippen molar-refractivity contribution >= 4 is 23.2 Å². The van der Waals surface area contributed by atoms with Crippen LogP contribution in [0.25, 0.3) is 0 Å². The Labute approximate surface area is 117 Å². The van der Waals surface area contributed by atoms with E-state index in [-0.39, 0.29) is 18.5 Å². The molecule has 1 amide bonds. The smallest absolute Gasteiger partial charge is 0.323 e. The summed E-state index contributed by atoms with van der Waals surface area (Å²) in [5, 5.41) is 9.84. The van der Waals surface area contributed by atoms with Crippen LogP contribution in [0.4, 0.5) is 0 Å². The van der Waals surface area contributed by atoms with Crippen LogP contribution in [0.5, 0.6) is 0 Å². The molecular weight excluding hydrogens is 264 g/mol. The average molecular weight is 284 g/mol. The quantitative estimate of drug-likeness (QED) is 0.870. The number of amides is 1. The van der Waals surface area contributed by atoms with Crippen LogP contribution < -0.4 is 0 Å². The zero-order valence-electron chi connectivity index (χ0n) is 11.8. The molecule has 0 saturated carbocycles. The van der Waals surface area contributed by atoms with Crippen LogP contribution in [-0.4, -0.2) is 39.5 Å². The van der Waals surface area contributed by atoms with Gasteiger partial charge in [0.15, 0.2) is 0 Å². The van der Waals surface area contributed by atoms with Gasteiger partial charge in [0.25, 0.3) is 5.91 Å². The molecule has 0 aliphatic rings. The Balaban J connectivity index is 3.03. The lowest BCUT2D eigenvalue weighted by Gasteiger charge is -2.26. The van der Waals surface area contributed by atoms with Gasteiger partial charge in [0, 0.05) is 6.04 Å². The van der Waals surface area contributed by atoms with Gasteiger partial charge in [0.05, 0.1) is 10.7 Å². The number of aliphatic carboxylic acids is 1. The van der Waals surface area contributed by atoms with E-state index in [4.69, 9.17) is 5.11 Å². The van der Waals surface area contributed by atoms with Gasteiger partial charge in [0.2, 0.25) is 0 Å². The lowest BCUT2D eigenvalue weighted by Crippen LogP contribution is -2.41. The monoisotopic (exact) mass is 284 g/mol. The van der Waals surface area contributed by atoms with Crippen molar-refractivity contribution in [3.63, 3.8) is 0 Å². The van der Waals surface area contributed by atoms with E-state index in [0.29, 0.717) is 10.6 Å². The largest absolute Gasteiger partial charge is 0.480 e. The first-order chi connectivity index (χ1) is 8.90. The molecule has 0 fully saturated rings. The van der Waals surface area contributed by atoms with Crippen molar-refractivity contribution in [2.24, 2.45) is 0 Å². The van der Waals surface area contributed by atoms with E-state index in [2.05, 4.69) is 4.98 Å². The van der Waals surface area contributed by atoms with Gasteiger partial charge in [-0.05, 0) is 26.7 Å². The van der Waals surface area contributed by atoms with E-state index in [0.717, 1.165) is 17.8 Å². The summed E-state index contributed by atoms with van der Waals surface area (Å²) in [4.78, 5) is 29.6. The summed E-state index contributed by atoms with van der Waals surface area (Å²) in [5.74, 6) is -1.22. The number of aromatic nitrogens is 1. The highest BCUT2D eigenvalue weighted by Crippen LogP contribution is 2.21. The summed E-state index contributed by atoms with van der Waals surface area (Å²) in [7, 11) is 0. The molecule has 6 heteroatoms. The Kier molecular flexibility index (Phi) is 5.47. The first-order valence-electron chi connectivity index (χ1n) is 6.39. The highest BCUT2D eigenvalue weighted by Gasteiger charge is 2.26. The zero-order valence-corrected chi connectivity index (χ0v) is 12.6. The van der Waals surface area contributed by atoms with Gasteiger partial charge in [-0.25, -0.2) is 4.98 Å². The van der Waals surface area contributed by atoms with Crippen LogP contribution in [-0.2, 0) is 11.2 Å². The highest BCUT2D eigenvalue weighted by molar-refractivity contribution is 7.13. The zero-order chi connectivity index (χ0) is 14.6. The van der Waals surface area contributed by atoms with Crippen LogP contribution >= 0.6 is 11.3 Å². The molecule has 0 radical (unpaired) electrons. The Morgan fingerprint density at radius 1 is 1.42 bits per heavy atom. The Bertz CT molecular complexity index is 470. The van der Waals surface area contributed by atoms with E-state index < -0.39 is 5.97 Å². The Morgan fingerprint density at radius 2 is 2.05 bits per heavy atom. The number of hydrogen-bond donors (Lipinski definition) is 1. The summed E-state index contributed by atoms with van der Waals surface area (Å²) in [5.41, 5.74) is 0.686. The van der Waals surface area contributed by atoms with Gasteiger partial charge in [-0.15, -0.1) is 11.3 Å². The number of thiazole rings is 1. The van der Waals surface area contributed by atoms with Crippen molar-refractivity contribution in [2.75, 3.05) is 6.54 Å². The van der Waals surface area contributed by atoms with E-state index in [1.807, 2.05) is 20.8 Å². The van der Waals surface area contributed by atoms with Crippen LogP contribution in [0.1, 0.15) is 47.6 Å². The number of hydrogen-bond acceptors (Lipinski definition) is 4. The predicted octanol–water partition coefficient (Wildman–Crippen LogP) is 2.34. The lowest BCUT2D eigenvalue weighted by molar-refractivity contribution is -0.138. The van der Waals surface area contributed by atoms with Crippen molar-refractivity contribution in [3.8, 4) is 0 Å². The first kappa shape index (κ1) is 15.6. The number of rotatable bonds is 6. The normalized spacial score (nSPS) is 12.2. The molecule has 19 heavy (non-hydrogen) atoms. The maximum atomic E-state index is 12.5. The standard InChI is InChI=1S/C13H20N2O3S/c1-5-8(3)15(7-11(16)17)13(18)12-9(4)14-10(6-2)19-12/h8H,5-7H2,1-4H3,(H,16,17). The molecule has 0 aliphatic carbocycles. The SMILES string of the molecule is CCc1nc(C)c(C(=O)N(CC(=O)O)C(C)CC)s1. The van der Waals surface area contributed by atoms with Crippen LogP contribution in [0.2, 0.25) is 0 Å². The van der Waals surface area contributed by atoms with Gasteiger partial charge in [-0.3, -0.25) is 9.59 Å². The molecule has 1 rings (SSSR count). The Morgan fingerprint density at radius 3 is 2.47 bits per heavy atom. The molecule has 0 aromatic carbocycles. The molecule has 1 aromatic rings. The van der Waals surface area contributed by atoms with Crippen molar-refractivity contribution in [1.82, 2.24) is 9.88 Å². The lowest BCUT2D eigenvalue weighted by atomic mass is 10.2. The Hall–Kier alpha value is -1.43. The topological polar surface area (TPSA) is 70.5 Å². The summed E-state index contributed by atoms with van der Waals surface area (Å²) in [6, 6.07) is -0.102. The third-order valence-electron chi connectivity index (χ3n) is 3.03. The second-order valence-electron chi connectivity index (χ2n) is 4.46. The minimum atomic E-state index is -0.994. The molecule has 1 N–H and O–H groups in total. The number of carbonyl (C=O) groups excluding carboxylic acids is 1. The molecule has 0 saturated heterocycles. The molecule has 0 spiro atoms. The number of carboxylic acid groups (broad SMARTS) is 1. The fourth-order valence-electron chi connectivity index (χ4n) is 1.73.